The lowest BCUT2D eigenvalue weighted by atomic mass is 10.0. The average Bonchev–Trinajstić information content (AvgIpc) is 2.46. The average molecular weight is 326 g/mol. The van der Waals surface area contributed by atoms with Gasteiger partial charge in [0.1, 0.15) is 0 Å². The Kier molecular flexibility index (Phi) is 4.74. The quantitative estimate of drug-likeness (QED) is 0.927. The molecule has 1 heterocycles. The van der Waals surface area contributed by atoms with Crippen LogP contribution in [0.25, 0.3) is 4.48 Å². The van der Waals surface area contributed by atoms with Gasteiger partial charge >= 0.3 is 5.97 Å². The predicted octanol–water partition coefficient (Wildman–Crippen LogP) is 3.15. The van der Waals surface area contributed by atoms with Crippen LogP contribution in [0.5, 0.6) is 0 Å². The lowest BCUT2D eigenvalue weighted by Crippen LogP contribution is -2.29. The van der Waals surface area contributed by atoms with Crippen molar-refractivity contribution in [2.75, 3.05) is 20.2 Å². The van der Waals surface area contributed by atoms with E-state index >= 15 is 0 Å². The molecule has 1 aromatic rings. The number of carboxylic acids is 1. The molecule has 0 spiro atoms. The van der Waals surface area contributed by atoms with E-state index in [0.717, 1.165) is 36.0 Å². The molecule has 0 aromatic heterocycles. The van der Waals surface area contributed by atoms with Gasteiger partial charge in [-0.2, -0.15) is 5.06 Å². The first-order chi connectivity index (χ1) is 9.11. The zero-order chi connectivity index (χ0) is 13.8. The van der Waals surface area contributed by atoms with Crippen LogP contribution in [0.4, 0.5) is 0 Å². The Balaban J connectivity index is 2.14. The molecule has 0 atom stereocenters. The Bertz CT molecular complexity index is 486. The topological polar surface area (TPSA) is 49.8 Å². The van der Waals surface area contributed by atoms with Crippen molar-refractivity contribution in [2.24, 2.45) is 0 Å². The minimum atomic E-state index is -0.899. The van der Waals surface area contributed by atoms with Crippen molar-refractivity contribution in [3.8, 4) is 0 Å². The monoisotopic (exact) mass is 325 g/mol. The van der Waals surface area contributed by atoms with E-state index in [4.69, 9.17) is 9.94 Å². The molecule has 0 aliphatic carbocycles. The molecule has 0 unspecified atom stereocenters. The number of hydroxylamine groups is 2. The molecule has 2 rings (SSSR count). The van der Waals surface area contributed by atoms with E-state index in [-0.39, 0.29) is 0 Å². The Hall–Kier alpha value is -1.17. The summed E-state index contributed by atoms with van der Waals surface area (Å²) in [5.74, 6) is -0.899. The van der Waals surface area contributed by atoms with E-state index in [9.17, 15) is 4.79 Å². The number of carboxylic acid groups (broad SMARTS) is 1. The number of hydrogen-bond acceptors (Lipinski definition) is 3. The third-order valence-electron chi connectivity index (χ3n) is 3.28. The van der Waals surface area contributed by atoms with E-state index in [1.807, 2.05) is 17.2 Å². The number of halogens is 1. The number of benzene rings is 1. The van der Waals surface area contributed by atoms with Crippen LogP contribution in [0, 0.1) is 0 Å². The summed E-state index contributed by atoms with van der Waals surface area (Å²) >= 11 is 3.62. The van der Waals surface area contributed by atoms with Crippen LogP contribution in [-0.4, -0.2) is 36.3 Å². The fraction of sp³-hybridized carbons (Fsp3) is 0.357. The molecule has 0 amide bonds. The first-order valence-corrected chi connectivity index (χ1v) is 6.91. The molecule has 1 N–H and O–H groups in total. The van der Waals surface area contributed by atoms with Crippen molar-refractivity contribution in [1.82, 2.24) is 5.06 Å². The summed E-state index contributed by atoms with van der Waals surface area (Å²) in [6.45, 7) is 1.77. The molecule has 0 radical (unpaired) electrons. The molecular formula is C14H16BrNO3. The number of rotatable bonds is 3. The second-order valence-corrected chi connectivity index (χ2v) is 5.20. The molecule has 1 saturated heterocycles. The third kappa shape index (κ3) is 3.43. The summed E-state index contributed by atoms with van der Waals surface area (Å²) in [7, 11) is 1.69. The normalized spacial score (nSPS) is 16.4. The number of aromatic carboxylic acids is 1. The lowest BCUT2D eigenvalue weighted by molar-refractivity contribution is -0.135. The van der Waals surface area contributed by atoms with Gasteiger partial charge in [0.15, 0.2) is 0 Å². The maximum atomic E-state index is 10.8. The minimum Gasteiger partial charge on any atom is -0.478 e. The number of piperidine rings is 1. The van der Waals surface area contributed by atoms with E-state index in [2.05, 4.69) is 15.9 Å². The van der Waals surface area contributed by atoms with Crippen LogP contribution in [0.3, 0.4) is 0 Å². The maximum Gasteiger partial charge on any atom is 0.335 e. The summed E-state index contributed by atoms with van der Waals surface area (Å²) in [5.41, 5.74) is 2.67. The van der Waals surface area contributed by atoms with Gasteiger partial charge in [-0.15, -0.1) is 0 Å². The molecule has 0 saturated carbocycles. The second kappa shape index (κ2) is 6.32. The van der Waals surface area contributed by atoms with Crippen LogP contribution >= 0.6 is 15.9 Å². The van der Waals surface area contributed by atoms with Crippen LogP contribution in [0.15, 0.2) is 29.8 Å². The standard InChI is InChI=1S/C14H16BrNO3/c1-19-16-8-6-11(7-9-16)13(15)10-2-4-12(5-3-10)14(17)18/h2-5H,6-9H2,1H3,(H,17,18). The first kappa shape index (κ1) is 14.2. The second-order valence-electron chi connectivity index (χ2n) is 4.41. The van der Waals surface area contributed by atoms with E-state index < -0.39 is 5.97 Å². The Labute approximate surface area is 120 Å². The molecule has 102 valence electrons. The van der Waals surface area contributed by atoms with Crippen molar-refractivity contribution < 1.29 is 14.7 Å². The molecular weight excluding hydrogens is 310 g/mol. The van der Waals surface area contributed by atoms with Crippen LogP contribution in [0.2, 0.25) is 0 Å². The van der Waals surface area contributed by atoms with Gasteiger partial charge in [-0.1, -0.05) is 33.6 Å². The van der Waals surface area contributed by atoms with Crippen molar-refractivity contribution in [1.29, 1.82) is 0 Å². The zero-order valence-corrected chi connectivity index (χ0v) is 12.3. The van der Waals surface area contributed by atoms with E-state index in [0.29, 0.717) is 5.56 Å². The van der Waals surface area contributed by atoms with Gasteiger partial charge in [0.2, 0.25) is 0 Å². The zero-order valence-electron chi connectivity index (χ0n) is 10.7. The Morgan fingerprint density at radius 1 is 1.21 bits per heavy atom. The number of nitrogens with zero attached hydrogens (tertiary/aromatic N) is 1. The Morgan fingerprint density at radius 2 is 1.74 bits per heavy atom. The highest BCUT2D eigenvalue weighted by molar-refractivity contribution is 9.15. The molecule has 0 bridgehead atoms. The van der Waals surface area contributed by atoms with Crippen molar-refractivity contribution in [3.05, 3.63) is 41.0 Å². The summed E-state index contributed by atoms with van der Waals surface area (Å²) in [6, 6.07) is 6.93. The molecule has 4 nitrogen and oxygen atoms in total. The minimum absolute atomic E-state index is 0.309. The third-order valence-corrected chi connectivity index (χ3v) is 4.30. The molecule has 19 heavy (non-hydrogen) atoms. The highest BCUT2D eigenvalue weighted by Crippen LogP contribution is 2.31. The van der Waals surface area contributed by atoms with E-state index in [1.54, 1.807) is 19.2 Å². The van der Waals surface area contributed by atoms with Crippen molar-refractivity contribution in [2.45, 2.75) is 12.8 Å². The maximum absolute atomic E-state index is 10.8. The van der Waals surface area contributed by atoms with E-state index in [1.165, 1.54) is 5.57 Å². The Morgan fingerprint density at radius 3 is 2.21 bits per heavy atom. The molecule has 5 heteroatoms. The van der Waals surface area contributed by atoms with Gasteiger partial charge in [-0.25, -0.2) is 4.79 Å². The highest BCUT2D eigenvalue weighted by atomic mass is 79.9. The van der Waals surface area contributed by atoms with Crippen LogP contribution in [-0.2, 0) is 4.84 Å². The van der Waals surface area contributed by atoms with Gasteiger partial charge in [-0.3, -0.25) is 0 Å². The summed E-state index contributed by atoms with van der Waals surface area (Å²) in [4.78, 5) is 16.0. The smallest absolute Gasteiger partial charge is 0.335 e. The van der Waals surface area contributed by atoms with Crippen LogP contribution < -0.4 is 0 Å². The van der Waals surface area contributed by atoms with Gasteiger partial charge in [-0.05, 0) is 30.5 Å². The highest BCUT2D eigenvalue weighted by Gasteiger charge is 2.16. The van der Waals surface area contributed by atoms with Gasteiger partial charge in [0.05, 0.1) is 12.7 Å². The number of hydrogen-bond donors (Lipinski definition) is 1. The SMILES string of the molecule is CON1CCC(=C(Br)c2ccc(C(=O)O)cc2)CC1. The predicted molar refractivity (Wildman–Crippen MR) is 77.1 cm³/mol. The molecule has 1 aliphatic heterocycles. The number of carbonyl (C=O) groups is 1. The lowest BCUT2D eigenvalue weighted by Gasteiger charge is -2.26. The molecule has 1 fully saturated rings. The van der Waals surface area contributed by atoms with Gasteiger partial charge in [0, 0.05) is 17.6 Å². The summed E-state index contributed by atoms with van der Waals surface area (Å²) in [5, 5.41) is 10.8. The summed E-state index contributed by atoms with van der Waals surface area (Å²) in [6.07, 6.45) is 1.91. The van der Waals surface area contributed by atoms with Gasteiger partial charge < -0.3 is 9.94 Å². The van der Waals surface area contributed by atoms with Crippen LogP contribution in [0.1, 0.15) is 28.8 Å². The van der Waals surface area contributed by atoms with Crippen molar-refractivity contribution in [3.63, 3.8) is 0 Å². The largest absolute Gasteiger partial charge is 0.478 e. The first-order valence-electron chi connectivity index (χ1n) is 6.12. The molecule has 1 aliphatic rings. The van der Waals surface area contributed by atoms with Crippen molar-refractivity contribution >= 4 is 26.4 Å². The fourth-order valence-electron chi connectivity index (χ4n) is 2.12. The van der Waals surface area contributed by atoms with Gasteiger partial charge in [0.25, 0.3) is 0 Å². The molecule has 1 aromatic carbocycles. The fourth-order valence-corrected chi connectivity index (χ4v) is 2.78. The summed E-state index contributed by atoms with van der Waals surface area (Å²) < 4.78 is 1.07.